The maximum Gasteiger partial charge on any atom is 0.191 e. The van der Waals surface area contributed by atoms with Crippen LogP contribution in [0.3, 0.4) is 0 Å². The van der Waals surface area contributed by atoms with Crippen LogP contribution in [-0.2, 0) is 6.61 Å². The first-order valence-electron chi connectivity index (χ1n) is 5.42. The lowest BCUT2D eigenvalue weighted by Crippen LogP contribution is -2.01. The van der Waals surface area contributed by atoms with Gasteiger partial charge < -0.3 is 4.74 Å². The molecule has 0 heterocycles. The van der Waals surface area contributed by atoms with E-state index < -0.39 is 17.4 Å². The van der Waals surface area contributed by atoms with E-state index in [9.17, 15) is 13.6 Å². The third kappa shape index (κ3) is 3.09. The van der Waals surface area contributed by atoms with E-state index in [4.69, 9.17) is 16.3 Å². The van der Waals surface area contributed by atoms with E-state index in [-0.39, 0.29) is 12.2 Å². The topological polar surface area (TPSA) is 26.3 Å². The van der Waals surface area contributed by atoms with Crippen molar-refractivity contribution in [3.8, 4) is 5.75 Å². The molecule has 0 saturated carbocycles. The predicted molar refractivity (Wildman–Crippen MR) is 67.5 cm³/mol. The Bertz CT molecular complexity index is 591. The molecule has 0 aliphatic heterocycles. The van der Waals surface area contributed by atoms with Crippen molar-refractivity contribution in [1.29, 1.82) is 0 Å². The molecule has 0 aromatic heterocycles. The van der Waals surface area contributed by atoms with Gasteiger partial charge in [-0.25, -0.2) is 8.78 Å². The number of benzene rings is 2. The average molecular weight is 283 g/mol. The van der Waals surface area contributed by atoms with Crippen LogP contribution in [0.15, 0.2) is 36.4 Å². The van der Waals surface area contributed by atoms with Crippen molar-refractivity contribution in [2.45, 2.75) is 6.61 Å². The van der Waals surface area contributed by atoms with Gasteiger partial charge in [0.15, 0.2) is 17.4 Å². The fourth-order valence-corrected chi connectivity index (χ4v) is 1.74. The summed E-state index contributed by atoms with van der Waals surface area (Å²) in [7, 11) is 0. The van der Waals surface area contributed by atoms with Gasteiger partial charge in [-0.3, -0.25) is 4.79 Å². The highest BCUT2D eigenvalue weighted by atomic mass is 35.5. The Morgan fingerprint density at radius 3 is 2.37 bits per heavy atom. The molecule has 0 unspecified atom stereocenters. The molecule has 0 bridgehead atoms. The van der Waals surface area contributed by atoms with Crippen molar-refractivity contribution >= 4 is 17.9 Å². The standard InChI is InChI=1S/C14H9ClF2O2/c15-11-4-2-1-3-10(11)8-19-14-12(16)5-9(7-18)6-13(14)17/h1-7H,8H2. The van der Waals surface area contributed by atoms with Crippen molar-refractivity contribution < 1.29 is 18.3 Å². The van der Waals surface area contributed by atoms with Gasteiger partial charge in [-0.15, -0.1) is 0 Å². The smallest absolute Gasteiger partial charge is 0.191 e. The third-order valence-electron chi connectivity index (χ3n) is 2.49. The molecule has 2 rings (SSSR count). The second-order valence-corrected chi connectivity index (χ2v) is 4.22. The van der Waals surface area contributed by atoms with Gasteiger partial charge in [0.25, 0.3) is 0 Å². The Kier molecular flexibility index (Phi) is 4.12. The van der Waals surface area contributed by atoms with Gasteiger partial charge in [0.05, 0.1) is 0 Å². The van der Waals surface area contributed by atoms with Crippen LogP contribution in [0.2, 0.25) is 5.02 Å². The lowest BCUT2D eigenvalue weighted by Gasteiger charge is -2.09. The highest BCUT2D eigenvalue weighted by Gasteiger charge is 2.13. The zero-order chi connectivity index (χ0) is 13.8. The zero-order valence-electron chi connectivity index (χ0n) is 9.70. The summed E-state index contributed by atoms with van der Waals surface area (Å²) >= 11 is 5.90. The van der Waals surface area contributed by atoms with Crippen LogP contribution in [0.5, 0.6) is 5.75 Å². The van der Waals surface area contributed by atoms with Crippen molar-refractivity contribution in [3.63, 3.8) is 0 Å². The van der Waals surface area contributed by atoms with Crippen LogP contribution in [0.1, 0.15) is 15.9 Å². The van der Waals surface area contributed by atoms with E-state index in [0.29, 0.717) is 16.9 Å². The van der Waals surface area contributed by atoms with Crippen LogP contribution in [-0.4, -0.2) is 6.29 Å². The summed E-state index contributed by atoms with van der Waals surface area (Å²) in [5, 5.41) is 0.452. The molecular weight excluding hydrogens is 274 g/mol. The second-order valence-electron chi connectivity index (χ2n) is 3.81. The number of carbonyl (C=O) groups excluding carboxylic acids is 1. The molecule has 2 aromatic carbocycles. The summed E-state index contributed by atoms with van der Waals surface area (Å²) in [5.74, 6) is -2.37. The van der Waals surface area contributed by atoms with Gasteiger partial charge in [0, 0.05) is 16.1 Å². The van der Waals surface area contributed by atoms with Crippen molar-refractivity contribution in [1.82, 2.24) is 0 Å². The summed E-state index contributed by atoms with van der Waals surface area (Å²) in [4.78, 5) is 10.5. The number of rotatable bonds is 4. The number of aldehydes is 1. The van der Waals surface area contributed by atoms with Gasteiger partial charge in [0.2, 0.25) is 0 Å². The first-order valence-corrected chi connectivity index (χ1v) is 5.80. The lowest BCUT2D eigenvalue weighted by atomic mass is 10.2. The molecule has 0 fully saturated rings. The number of ether oxygens (including phenoxy) is 1. The number of hydrogen-bond acceptors (Lipinski definition) is 2. The molecule has 2 aromatic rings. The second kappa shape index (κ2) is 5.80. The summed E-state index contributed by atoms with van der Waals surface area (Å²) < 4.78 is 32.2. The number of halogens is 3. The lowest BCUT2D eigenvalue weighted by molar-refractivity contribution is 0.112. The fraction of sp³-hybridized carbons (Fsp3) is 0.0714. The van der Waals surface area contributed by atoms with Crippen LogP contribution in [0, 0.1) is 11.6 Å². The van der Waals surface area contributed by atoms with Gasteiger partial charge in [-0.1, -0.05) is 29.8 Å². The normalized spacial score (nSPS) is 10.3. The maximum absolute atomic E-state index is 13.5. The summed E-state index contributed by atoms with van der Waals surface area (Å²) in [6.45, 7) is -0.0616. The Morgan fingerprint density at radius 2 is 1.79 bits per heavy atom. The fourth-order valence-electron chi connectivity index (χ4n) is 1.55. The highest BCUT2D eigenvalue weighted by Crippen LogP contribution is 2.25. The van der Waals surface area contributed by atoms with E-state index in [0.717, 1.165) is 12.1 Å². The monoisotopic (exact) mass is 282 g/mol. The molecule has 0 radical (unpaired) electrons. The molecule has 0 aliphatic rings. The van der Waals surface area contributed by atoms with E-state index >= 15 is 0 Å². The van der Waals surface area contributed by atoms with Crippen molar-refractivity contribution in [2.75, 3.05) is 0 Å². The molecule has 0 spiro atoms. The quantitative estimate of drug-likeness (QED) is 0.792. The van der Waals surface area contributed by atoms with Gasteiger partial charge in [-0.2, -0.15) is 0 Å². The SMILES string of the molecule is O=Cc1cc(F)c(OCc2ccccc2Cl)c(F)c1. The van der Waals surface area contributed by atoms with Gasteiger partial charge in [0.1, 0.15) is 12.9 Å². The summed E-state index contributed by atoms with van der Waals surface area (Å²) in [5.41, 5.74) is 0.530. The van der Waals surface area contributed by atoms with Gasteiger partial charge >= 0.3 is 0 Å². The molecule has 19 heavy (non-hydrogen) atoms. The van der Waals surface area contributed by atoms with E-state index in [1.807, 2.05) is 0 Å². The average Bonchev–Trinajstić information content (AvgIpc) is 2.39. The molecule has 0 aliphatic carbocycles. The molecule has 2 nitrogen and oxygen atoms in total. The molecular formula is C14H9ClF2O2. The third-order valence-corrected chi connectivity index (χ3v) is 2.86. The minimum atomic E-state index is -0.922. The first kappa shape index (κ1) is 13.5. The Hall–Kier alpha value is -1.94. The molecule has 5 heteroatoms. The number of hydrogen-bond donors (Lipinski definition) is 0. The van der Waals surface area contributed by atoms with E-state index in [1.54, 1.807) is 24.3 Å². The number of carbonyl (C=O) groups is 1. The first-order chi connectivity index (χ1) is 9.11. The van der Waals surface area contributed by atoms with Crippen molar-refractivity contribution in [2.24, 2.45) is 0 Å². The summed E-state index contributed by atoms with van der Waals surface area (Å²) in [6.07, 6.45) is 0.365. The maximum atomic E-state index is 13.5. The van der Waals surface area contributed by atoms with Crippen LogP contribution in [0.25, 0.3) is 0 Å². The van der Waals surface area contributed by atoms with Crippen LogP contribution >= 0.6 is 11.6 Å². The summed E-state index contributed by atoms with van der Waals surface area (Å²) in [6, 6.07) is 8.66. The highest BCUT2D eigenvalue weighted by molar-refractivity contribution is 6.31. The molecule has 0 atom stereocenters. The Balaban J connectivity index is 2.21. The largest absolute Gasteiger partial charge is 0.483 e. The molecule has 0 saturated heterocycles. The van der Waals surface area contributed by atoms with Crippen LogP contribution < -0.4 is 4.74 Å². The molecule has 0 amide bonds. The predicted octanol–water partition coefficient (Wildman–Crippen LogP) is 4.01. The zero-order valence-corrected chi connectivity index (χ0v) is 10.5. The Labute approximate surface area is 113 Å². The Morgan fingerprint density at radius 1 is 1.16 bits per heavy atom. The molecule has 98 valence electrons. The molecule has 0 N–H and O–H groups in total. The van der Waals surface area contributed by atoms with Crippen molar-refractivity contribution in [3.05, 3.63) is 64.2 Å². The van der Waals surface area contributed by atoms with Gasteiger partial charge in [-0.05, 0) is 18.2 Å². The minimum absolute atomic E-state index is 0.0616. The minimum Gasteiger partial charge on any atom is -0.483 e. The van der Waals surface area contributed by atoms with Crippen LogP contribution in [0.4, 0.5) is 8.78 Å². The van der Waals surface area contributed by atoms with E-state index in [2.05, 4.69) is 0 Å². The van der Waals surface area contributed by atoms with E-state index in [1.165, 1.54) is 0 Å².